The Balaban J connectivity index is 1.95. The van der Waals surface area contributed by atoms with Crippen LogP contribution in [0.1, 0.15) is 18.4 Å². The summed E-state index contributed by atoms with van der Waals surface area (Å²) in [5.74, 6) is 0.0587. The van der Waals surface area contributed by atoms with Gasteiger partial charge in [-0.3, -0.25) is 14.9 Å². The molecule has 2 heterocycles. The quantitative estimate of drug-likeness (QED) is 0.733. The Hall–Kier alpha value is -1.95. The fourth-order valence-electron chi connectivity index (χ4n) is 1.86. The van der Waals surface area contributed by atoms with Gasteiger partial charge >= 0.3 is 0 Å². The molecule has 18 heavy (non-hydrogen) atoms. The molecule has 0 aromatic carbocycles. The first-order valence-corrected chi connectivity index (χ1v) is 5.75. The standard InChI is InChI=1S/C12H15N3O3/c1-18-12-8(3-2-6-13-12)7-14-9-4-5-10(16)15-11(9)17/h2-3,6,9,14H,4-5,7H2,1H3,(H,15,16,17). The summed E-state index contributed by atoms with van der Waals surface area (Å²) in [5, 5.41) is 5.41. The maximum Gasteiger partial charge on any atom is 0.243 e. The summed E-state index contributed by atoms with van der Waals surface area (Å²) in [6, 6.07) is 3.35. The lowest BCUT2D eigenvalue weighted by molar-refractivity contribution is -0.134. The van der Waals surface area contributed by atoms with E-state index < -0.39 is 0 Å². The molecule has 96 valence electrons. The minimum atomic E-state index is -0.340. The zero-order valence-electron chi connectivity index (χ0n) is 10.1. The second-order valence-corrected chi connectivity index (χ2v) is 4.06. The van der Waals surface area contributed by atoms with Crippen LogP contribution in [0.25, 0.3) is 0 Å². The van der Waals surface area contributed by atoms with Crippen LogP contribution < -0.4 is 15.4 Å². The highest BCUT2D eigenvalue weighted by Crippen LogP contribution is 2.14. The molecule has 2 N–H and O–H groups in total. The van der Waals surface area contributed by atoms with Gasteiger partial charge in [-0.1, -0.05) is 6.07 Å². The number of carbonyl (C=O) groups excluding carboxylic acids is 2. The summed E-state index contributed by atoms with van der Waals surface area (Å²) in [6.45, 7) is 0.475. The van der Waals surface area contributed by atoms with Gasteiger partial charge in [-0.25, -0.2) is 4.98 Å². The molecule has 1 aliphatic rings. The van der Waals surface area contributed by atoms with Crippen LogP contribution in [0.4, 0.5) is 0 Å². The van der Waals surface area contributed by atoms with E-state index >= 15 is 0 Å². The minimum Gasteiger partial charge on any atom is -0.481 e. The molecule has 0 aliphatic carbocycles. The van der Waals surface area contributed by atoms with E-state index in [1.165, 1.54) is 0 Å². The van der Waals surface area contributed by atoms with Gasteiger partial charge in [0.05, 0.1) is 13.2 Å². The largest absolute Gasteiger partial charge is 0.481 e. The smallest absolute Gasteiger partial charge is 0.243 e. The van der Waals surface area contributed by atoms with Crippen LogP contribution in [0.15, 0.2) is 18.3 Å². The second kappa shape index (κ2) is 5.59. The minimum absolute atomic E-state index is 0.211. The van der Waals surface area contributed by atoms with Crippen molar-refractivity contribution in [2.24, 2.45) is 0 Å². The summed E-state index contributed by atoms with van der Waals surface area (Å²) >= 11 is 0. The molecule has 0 bridgehead atoms. The number of nitrogens with zero attached hydrogens (tertiary/aromatic N) is 1. The van der Waals surface area contributed by atoms with Gasteiger partial charge in [0.2, 0.25) is 17.7 Å². The molecule has 1 saturated heterocycles. The van der Waals surface area contributed by atoms with Crippen LogP contribution in [0.2, 0.25) is 0 Å². The highest BCUT2D eigenvalue weighted by atomic mass is 16.5. The van der Waals surface area contributed by atoms with E-state index in [0.29, 0.717) is 25.3 Å². The fourth-order valence-corrected chi connectivity index (χ4v) is 1.86. The predicted molar refractivity (Wildman–Crippen MR) is 63.8 cm³/mol. The first-order valence-electron chi connectivity index (χ1n) is 5.75. The number of piperidine rings is 1. The van der Waals surface area contributed by atoms with Crippen LogP contribution in [0, 0.1) is 0 Å². The zero-order valence-corrected chi connectivity index (χ0v) is 10.1. The molecule has 1 atom stereocenters. The lowest BCUT2D eigenvalue weighted by atomic mass is 10.1. The van der Waals surface area contributed by atoms with Crippen molar-refractivity contribution >= 4 is 11.8 Å². The predicted octanol–water partition coefficient (Wildman–Crippen LogP) is -0.0150. The number of aromatic nitrogens is 1. The third-order valence-corrected chi connectivity index (χ3v) is 2.82. The van der Waals surface area contributed by atoms with Gasteiger partial charge in [0.25, 0.3) is 0 Å². The molecule has 6 nitrogen and oxygen atoms in total. The Labute approximate surface area is 105 Å². The summed E-state index contributed by atoms with van der Waals surface area (Å²) < 4.78 is 5.12. The van der Waals surface area contributed by atoms with Gasteiger partial charge in [0, 0.05) is 24.7 Å². The number of amides is 2. The van der Waals surface area contributed by atoms with Crippen molar-refractivity contribution in [3.63, 3.8) is 0 Å². The van der Waals surface area contributed by atoms with Crippen molar-refractivity contribution < 1.29 is 14.3 Å². The molecular formula is C12H15N3O3. The Kier molecular flexibility index (Phi) is 3.88. The van der Waals surface area contributed by atoms with Gasteiger partial charge in [-0.05, 0) is 12.5 Å². The Morgan fingerprint density at radius 3 is 3.11 bits per heavy atom. The third-order valence-electron chi connectivity index (χ3n) is 2.82. The summed E-state index contributed by atoms with van der Waals surface area (Å²) in [4.78, 5) is 26.6. The van der Waals surface area contributed by atoms with E-state index in [0.717, 1.165) is 5.56 Å². The number of nitrogens with one attached hydrogen (secondary N) is 2. The number of ether oxygens (including phenoxy) is 1. The highest BCUT2D eigenvalue weighted by molar-refractivity contribution is 6.00. The SMILES string of the molecule is COc1ncccc1CNC1CCC(=O)NC1=O. The molecule has 1 aromatic rings. The van der Waals surface area contributed by atoms with Crippen molar-refractivity contribution in [2.45, 2.75) is 25.4 Å². The van der Waals surface area contributed by atoms with Crippen LogP contribution in [-0.4, -0.2) is 29.9 Å². The van der Waals surface area contributed by atoms with Crippen LogP contribution in [0.3, 0.4) is 0 Å². The Bertz CT molecular complexity index is 462. The summed E-state index contributed by atoms with van der Waals surface area (Å²) in [7, 11) is 1.55. The monoisotopic (exact) mass is 249 g/mol. The van der Waals surface area contributed by atoms with E-state index in [1.807, 2.05) is 12.1 Å². The number of hydrogen-bond donors (Lipinski definition) is 2. The second-order valence-electron chi connectivity index (χ2n) is 4.06. The van der Waals surface area contributed by atoms with Crippen molar-refractivity contribution in [3.05, 3.63) is 23.9 Å². The number of rotatable bonds is 4. The van der Waals surface area contributed by atoms with Crippen molar-refractivity contribution in [2.75, 3.05) is 7.11 Å². The Morgan fingerprint density at radius 2 is 2.39 bits per heavy atom. The molecule has 1 fully saturated rings. The van der Waals surface area contributed by atoms with Crippen molar-refractivity contribution in [3.8, 4) is 5.88 Å². The van der Waals surface area contributed by atoms with E-state index in [-0.39, 0.29) is 17.9 Å². The van der Waals surface area contributed by atoms with Crippen molar-refractivity contribution in [1.82, 2.24) is 15.6 Å². The number of methoxy groups -OCH3 is 1. The third kappa shape index (κ3) is 2.84. The number of hydrogen-bond acceptors (Lipinski definition) is 5. The van der Waals surface area contributed by atoms with E-state index in [2.05, 4.69) is 15.6 Å². The molecule has 1 unspecified atom stereocenters. The maximum atomic E-state index is 11.5. The van der Waals surface area contributed by atoms with Gasteiger partial charge in [0.15, 0.2) is 0 Å². The fraction of sp³-hybridized carbons (Fsp3) is 0.417. The molecule has 1 aliphatic heterocycles. The van der Waals surface area contributed by atoms with E-state index in [4.69, 9.17) is 4.74 Å². The summed E-state index contributed by atoms with van der Waals surface area (Å²) in [5.41, 5.74) is 0.879. The molecule has 2 amide bonds. The molecule has 6 heteroatoms. The van der Waals surface area contributed by atoms with E-state index in [9.17, 15) is 9.59 Å². The van der Waals surface area contributed by atoms with Crippen LogP contribution >= 0.6 is 0 Å². The van der Waals surface area contributed by atoms with Gasteiger partial charge < -0.3 is 10.1 Å². The van der Waals surface area contributed by atoms with Crippen LogP contribution in [0.5, 0.6) is 5.88 Å². The molecule has 1 aromatic heterocycles. The molecule has 0 saturated carbocycles. The maximum absolute atomic E-state index is 11.5. The lowest BCUT2D eigenvalue weighted by Crippen LogP contribution is -2.50. The molecular weight excluding hydrogens is 234 g/mol. The first kappa shape index (κ1) is 12.5. The molecule has 0 spiro atoms. The number of pyridine rings is 1. The number of carbonyl (C=O) groups is 2. The average molecular weight is 249 g/mol. The highest BCUT2D eigenvalue weighted by Gasteiger charge is 2.26. The molecule has 0 radical (unpaired) electrons. The van der Waals surface area contributed by atoms with Gasteiger partial charge in [0.1, 0.15) is 0 Å². The average Bonchev–Trinajstić information content (AvgIpc) is 2.38. The van der Waals surface area contributed by atoms with Gasteiger partial charge in [-0.2, -0.15) is 0 Å². The topological polar surface area (TPSA) is 80.3 Å². The van der Waals surface area contributed by atoms with Crippen molar-refractivity contribution in [1.29, 1.82) is 0 Å². The van der Waals surface area contributed by atoms with Crippen LogP contribution in [-0.2, 0) is 16.1 Å². The van der Waals surface area contributed by atoms with E-state index in [1.54, 1.807) is 13.3 Å². The Morgan fingerprint density at radius 1 is 1.56 bits per heavy atom. The van der Waals surface area contributed by atoms with Gasteiger partial charge in [-0.15, -0.1) is 0 Å². The molecule has 2 rings (SSSR count). The first-order chi connectivity index (χ1) is 8.70. The normalized spacial score (nSPS) is 19.5. The lowest BCUT2D eigenvalue weighted by Gasteiger charge is -2.22. The summed E-state index contributed by atoms with van der Waals surface area (Å²) in [6.07, 6.45) is 2.54. The number of imide groups is 1. The zero-order chi connectivity index (χ0) is 13.0.